The maximum Gasteiger partial charge on any atom is 0.237 e. The Morgan fingerprint density at radius 1 is 0.868 bits per heavy atom. The molecule has 4 fully saturated rings. The molecule has 4 aliphatic heterocycles. The van der Waals surface area contributed by atoms with E-state index in [1.165, 1.54) is 11.1 Å². The van der Waals surface area contributed by atoms with Crippen LogP contribution in [-0.4, -0.2) is 100 Å². The van der Waals surface area contributed by atoms with E-state index in [-0.39, 0.29) is 28.8 Å². The summed E-state index contributed by atoms with van der Waals surface area (Å²) in [5, 5.41) is 3.22. The van der Waals surface area contributed by atoms with E-state index >= 15 is 0 Å². The van der Waals surface area contributed by atoms with Crippen molar-refractivity contribution in [3.63, 3.8) is 0 Å². The first-order chi connectivity index (χ1) is 25.6. The number of pyridine rings is 1. The first-order valence-electron chi connectivity index (χ1n) is 18.8. The van der Waals surface area contributed by atoms with E-state index in [1.54, 1.807) is 21.1 Å². The van der Waals surface area contributed by atoms with Gasteiger partial charge in [-0.1, -0.05) is 36.4 Å². The number of nitrogens with zero attached hydrogens (tertiary/aromatic N) is 6. The van der Waals surface area contributed by atoms with Gasteiger partial charge in [0.25, 0.3) is 0 Å². The zero-order valence-corrected chi connectivity index (χ0v) is 31.3. The summed E-state index contributed by atoms with van der Waals surface area (Å²) in [6.45, 7) is 12.0. The van der Waals surface area contributed by atoms with Crippen LogP contribution >= 0.6 is 0 Å². The first kappa shape index (κ1) is 33.9. The number of fused-ring (bicyclic) bond motifs is 1. The van der Waals surface area contributed by atoms with E-state index in [2.05, 4.69) is 71.4 Å². The minimum atomic E-state index is -0.0503. The maximum absolute atomic E-state index is 11.9. The van der Waals surface area contributed by atoms with Crippen LogP contribution in [0.15, 0.2) is 48.7 Å². The van der Waals surface area contributed by atoms with Gasteiger partial charge >= 0.3 is 0 Å². The molecule has 11 heteroatoms. The number of aromatic nitrogens is 3. The SMILES string of the molecule is COc1nc(-c2cccc(-c3cccc(-c4cc5c(c(OC)n4)C(N4CC6(CCC(=O)N6)C4)CC5)c3C)c2C)cnc1CN1CC2(C1)CN(C(C)=O)C2. The van der Waals surface area contributed by atoms with Gasteiger partial charge in [-0.2, -0.15) is 0 Å². The predicted molar refractivity (Wildman–Crippen MR) is 201 cm³/mol. The molecule has 2 aromatic carbocycles. The molecular weight excluding hydrogens is 667 g/mol. The van der Waals surface area contributed by atoms with Gasteiger partial charge < -0.3 is 19.7 Å². The molecule has 1 aliphatic carbocycles. The van der Waals surface area contributed by atoms with Crippen LogP contribution in [-0.2, 0) is 22.6 Å². The Balaban J connectivity index is 0.956. The largest absolute Gasteiger partial charge is 0.481 e. The second-order valence-electron chi connectivity index (χ2n) is 16.1. The summed E-state index contributed by atoms with van der Waals surface area (Å²) in [6, 6.07) is 15.3. The second kappa shape index (κ2) is 12.6. The Morgan fingerprint density at radius 3 is 2.13 bits per heavy atom. The summed E-state index contributed by atoms with van der Waals surface area (Å²) in [7, 11) is 3.38. The fourth-order valence-corrected chi connectivity index (χ4v) is 9.82. The lowest BCUT2D eigenvalue weighted by Gasteiger charge is -2.60. The minimum absolute atomic E-state index is 0.0503. The molecule has 0 bridgehead atoms. The Morgan fingerprint density at radius 2 is 1.51 bits per heavy atom. The van der Waals surface area contributed by atoms with Gasteiger partial charge in [-0.05, 0) is 67.0 Å². The summed E-state index contributed by atoms with van der Waals surface area (Å²) in [6.07, 6.45) is 5.42. The topological polar surface area (TPSA) is 113 Å². The van der Waals surface area contributed by atoms with Crippen molar-refractivity contribution in [2.75, 3.05) is 53.5 Å². The number of rotatable bonds is 8. The highest BCUT2D eigenvalue weighted by Crippen LogP contribution is 2.47. The summed E-state index contributed by atoms with van der Waals surface area (Å²) in [5.41, 5.74) is 11.9. The molecule has 2 spiro atoms. The number of hydrogen-bond donors (Lipinski definition) is 1. The number of ether oxygens (including phenoxy) is 2. The molecular formula is C42H47N7O4. The molecule has 0 saturated carbocycles. The van der Waals surface area contributed by atoms with E-state index in [0.717, 1.165) is 109 Å². The second-order valence-corrected chi connectivity index (χ2v) is 16.1. The lowest BCUT2D eigenvalue weighted by Crippen LogP contribution is -2.72. The highest BCUT2D eigenvalue weighted by atomic mass is 16.5. The Labute approximate surface area is 310 Å². The van der Waals surface area contributed by atoms with Crippen molar-refractivity contribution in [2.24, 2.45) is 5.41 Å². The smallest absolute Gasteiger partial charge is 0.237 e. The number of aryl methyl sites for hydroxylation is 1. The first-order valence-corrected chi connectivity index (χ1v) is 18.8. The van der Waals surface area contributed by atoms with Crippen LogP contribution in [0.25, 0.3) is 33.6 Å². The number of amides is 2. The molecule has 4 aromatic rings. The molecule has 4 saturated heterocycles. The number of benzene rings is 2. The van der Waals surface area contributed by atoms with Crippen LogP contribution in [0.4, 0.5) is 0 Å². The zero-order valence-electron chi connectivity index (χ0n) is 31.3. The van der Waals surface area contributed by atoms with Crippen molar-refractivity contribution in [3.8, 4) is 45.4 Å². The highest BCUT2D eigenvalue weighted by Gasteiger charge is 2.53. The number of carbonyl (C=O) groups is 2. The van der Waals surface area contributed by atoms with Gasteiger partial charge in [0.2, 0.25) is 23.6 Å². The Kier molecular flexibility index (Phi) is 8.08. The molecule has 1 atom stereocenters. The molecule has 53 heavy (non-hydrogen) atoms. The van der Waals surface area contributed by atoms with Gasteiger partial charge in [-0.3, -0.25) is 24.4 Å². The molecule has 11 nitrogen and oxygen atoms in total. The van der Waals surface area contributed by atoms with E-state index in [9.17, 15) is 9.59 Å². The third-order valence-electron chi connectivity index (χ3n) is 12.5. The van der Waals surface area contributed by atoms with E-state index in [1.807, 2.05) is 11.1 Å². The van der Waals surface area contributed by atoms with Crippen molar-refractivity contribution in [3.05, 3.63) is 76.6 Å². The van der Waals surface area contributed by atoms with Gasteiger partial charge in [-0.15, -0.1) is 0 Å². The van der Waals surface area contributed by atoms with E-state index < -0.39 is 0 Å². The van der Waals surface area contributed by atoms with Gasteiger partial charge in [0.15, 0.2) is 0 Å². The zero-order chi connectivity index (χ0) is 36.6. The third kappa shape index (κ3) is 5.67. The predicted octanol–water partition coefficient (Wildman–Crippen LogP) is 5.12. The van der Waals surface area contributed by atoms with Crippen LogP contribution in [0.1, 0.15) is 60.2 Å². The molecule has 1 unspecified atom stereocenters. The number of carbonyl (C=O) groups excluding carboxylic acids is 2. The van der Waals surface area contributed by atoms with Gasteiger partial charge in [-0.25, -0.2) is 9.97 Å². The molecule has 2 amide bonds. The Bertz CT molecular complexity index is 2150. The minimum Gasteiger partial charge on any atom is -0.481 e. The van der Waals surface area contributed by atoms with Crippen LogP contribution in [0, 0.1) is 19.3 Å². The van der Waals surface area contributed by atoms with Crippen LogP contribution in [0.2, 0.25) is 0 Å². The van der Waals surface area contributed by atoms with Gasteiger partial charge in [0.1, 0.15) is 5.69 Å². The molecule has 274 valence electrons. The molecule has 9 rings (SSSR count). The summed E-state index contributed by atoms with van der Waals surface area (Å²) in [4.78, 5) is 45.3. The summed E-state index contributed by atoms with van der Waals surface area (Å²) >= 11 is 0. The summed E-state index contributed by atoms with van der Waals surface area (Å²) < 4.78 is 11.8. The standard InChI is InChI=1S/C42H47N7O4/c1-25-29(8-6-10-31(25)33-16-28-12-13-36(38(28)40(44-33)53-5)49-23-42(24-49)15-14-37(51)46-42)30-9-7-11-32(26(30)2)34-17-43-35(39(45-34)52-4)18-47-19-41(20-47)21-48(22-41)27(3)50/h6-11,16-17,36H,12-15,18-24H2,1-5H3,(H,46,51). The fourth-order valence-electron chi connectivity index (χ4n) is 9.82. The number of nitrogens with one attached hydrogen (secondary N) is 1. The number of methoxy groups -OCH3 is 2. The van der Waals surface area contributed by atoms with Crippen molar-refractivity contribution in [2.45, 2.75) is 64.6 Å². The average molecular weight is 714 g/mol. The number of hydrogen-bond acceptors (Lipinski definition) is 9. The highest BCUT2D eigenvalue weighted by molar-refractivity contribution is 5.83. The lowest BCUT2D eigenvalue weighted by atomic mass is 9.73. The third-order valence-corrected chi connectivity index (χ3v) is 12.5. The lowest BCUT2D eigenvalue weighted by molar-refractivity contribution is -0.157. The van der Waals surface area contributed by atoms with Crippen LogP contribution in [0.3, 0.4) is 0 Å². The van der Waals surface area contributed by atoms with Crippen molar-refractivity contribution in [1.29, 1.82) is 0 Å². The molecule has 5 aliphatic rings. The molecule has 2 aromatic heterocycles. The summed E-state index contributed by atoms with van der Waals surface area (Å²) in [5.74, 6) is 1.58. The van der Waals surface area contributed by atoms with Crippen LogP contribution < -0.4 is 14.8 Å². The fraction of sp³-hybridized carbons (Fsp3) is 0.452. The normalized spacial score (nSPS) is 21.2. The molecule has 1 N–H and O–H groups in total. The molecule has 6 heterocycles. The van der Waals surface area contributed by atoms with Crippen molar-refractivity contribution >= 4 is 11.8 Å². The quantitative estimate of drug-likeness (QED) is 0.266. The van der Waals surface area contributed by atoms with Gasteiger partial charge in [0, 0.05) is 87.3 Å². The van der Waals surface area contributed by atoms with Gasteiger partial charge in [0.05, 0.1) is 37.3 Å². The average Bonchev–Trinajstić information content (AvgIpc) is 3.71. The molecule has 0 radical (unpaired) electrons. The van der Waals surface area contributed by atoms with Crippen LogP contribution in [0.5, 0.6) is 11.8 Å². The maximum atomic E-state index is 11.9. The van der Waals surface area contributed by atoms with E-state index in [4.69, 9.17) is 24.4 Å². The van der Waals surface area contributed by atoms with Crippen molar-refractivity contribution in [1.82, 2.24) is 35.0 Å². The monoisotopic (exact) mass is 713 g/mol. The Hall–Kier alpha value is -4.87. The van der Waals surface area contributed by atoms with E-state index in [0.29, 0.717) is 24.7 Å². The van der Waals surface area contributed by atoms with Crippen molar-refractivity contribution < 1.29 is 19.1 Å². The number of likely N-dealkylation sites (tertiary alicyclic amines) is 3.